The number of carbonyl (C=O) groups excluding carboxylic acids is 1. The molecule has 3 aliphatic heterocycles. The van der Waals surface area contributed by atoms with Crippen molar-refractivity contribution in [2.45, 2.75) is 25.3 Å². The topological polar surface area (TPSA) is 106 Å². The number of para-hydroxylation sites is 1. The van der Waals surface area contributed by atoms with E-state index in [0.717, 1.165) is 48.7 Å². The molecule has 10 heteroatoms. The van der Waals surface area contributed by atoms with Crippen molar-refractivity contribution in [3.05, 3.63) is 70.3 Å². The average Bonchev–Trinajstić information content (AvgIpc) is 3.73. The lowest BCUT2D eigenvalue weighted by molar-refractivity contribution is 0.0948. The number of amides is 1. The fraction of sp³-hybridized carbons (Fsp3) is 0.312. The summed E-state index contributed by atoms with van der Waals surface area (Å²) >= 11 is 0. The highest BCUT2D eigenvalue weighted by atomic mass is 19.1. The lowest BCUT2D eigenvalue weighted by Crippen LogP contribution is -2.36. The van der Waals surface area contributed by atoms with Crippen molar-refractivity contribution in [2.24, 2.45) is 5.73 Å². The number of hydrogen-bond acceptors (Lipinski definition) is 7. The summed E-state index contributed by atoms with van der Waals surface area (Å²) in [7, 11) is 0. The number of fused-ring (bicyclic) bond motifs is 5. The molecule has 0 aliphatic carbocycles. The van der Waals surface area contributed by atoms with Crippen LogP contribution in [0.15, 0.2) is 57.9 Å². The summed E-state index contributed by atoms with van der Waals surface area (Å²) in [6.45, 7) is 4.20. The predicted molar refractivity (Wildman–Crippen MR) is 160 cm³/mol. The van der Waals surface area contributed by atoms with Gasteiger partial charge in [0.2, 0.25) is 5.43 Å². The van der Waals surface area contributed by atoms with E-state index in [1.807, 2.05) is 41.3 Å². The maximum atomic E-state index is 15.9. The van der Waals surface area contributed by atoms with Gasteiger partial charge in [-0.1, -0.05) is 18.2 Å². The van der Waals surface area contributed by atoms with Gasteiger partial charge in [0.05, 0.1) is 11.1 Å². The largest absolute Gasteiger partial charge is 0.456 e. The van der Waals surface area contributed by atoms with Crippen LogP contribution in [0.2, 0.25) is 0 Å². The molecule has 0 unspecified atom stereocenters. The monoisotopic (exact) mass is 567 g/mol. The summed E-state index contributed by atoms with van der Waals surface area (Å²) < 4.78 is 30.3. The van der Waals surface area contributed by atoms with E-state index in [1.54, 1.807) is 10.8 Å². The molecule has 3 aromatic carbocycles. The number of nitrogens with zero attached hydrogens (tertiary/aromatic N) is 3. The van der Waals surface area contributed by atoms with Crippen LogP contribution >= 0.6 is 0 Å². The first-order chi connectivity index (χ1) is 20.5. The van der Waals surface area contributed by atoms with Gasteiger partial charge < -0.3 is 34.6 Å². The van der Waals surface area contributed by atoms with Crippen molar-refractivity contribution in [1.82, 2.24) is 14.8 Å². The Bertz CT molecular complexity index is 1980. The molecule has 2 fully saturated rings. The Balaban J connectivity index is 1.32. The molecule has 214 valence electrons. The molecule has 0 saturated carbocycles. The van der Waals surface area contributed by atoms with Crippen molar-refractivity contribution in [3.63, 3.8) is 0 Å². The molecule has 9 nitrogen and oxygen atoms in total. The second kappa shape index (κ2) is 9.57. The molecule has 0 spiro atoms. The van der Waals surface area contributed by atoms with E-state index in [0.29, 0.717) is 48.7 Å². The zero-order chi connectivity index (χ0) is 28.5. The number of aromatic nitrogens is 1. The molecular weight excluding hydrogens is 537 g/mol. The van der Waals surface area contributed by atoms with Crippen molar-refractivity contribution in [3.8, 4) is 17.2 Å². The maximum Gasteiger partial charge on any atom is 0.256 e. The van der Waals surface area contributed by atoms with E-state index < -0.39 is 17.2 Å². The van der Waals surface area contributed by atoms with Gasteiger partial charge in [0.1, 0.15) is 27.9 Å². The molecule has 5 heterocycles. The van der Waals surface area contributed by atoms with Gasteiger partial charge in [-0.05, 0) is 50.6 Å². The molecule has 3 aliphatic rings. The summed E-state index contributed by atoms with van der Waals surface area (Å²) in [6, 6.07) is 12.6. The molecule has 2 aromatic heterocycles. The third-order valence-electron chi connectivity index (χ3n) is 8.80. The zero-order valence-corrected chi connectivity index (χ0v) is 23.0. The van der Waals surface area contributed by atoms with Gasteiger partial charge in [0.25, 0.3) is 5.91 Å². The van der Waals surface area contributed by atoms with Crippen LogP contribution in [0.5, 0.6) is 11.5 Å². The number of anilines is 1. The summed E-state index contributed by atoms with van der Waals surface area (Å²) in [5, 5.41) is 4.76. The molecule has 5 aromatic rings. The van der Waals surface area contributed by atoms with Crippen molar-refractivity contribution in [2.75, 3.05) is 44.2 Å². The highest BCUT2D eigenvalue weighted by Gasteiger charge is 2.33. The third-order valence-corrected chi connectivity index (χ3v) is 8.80. The Kier molecular flexibility index (Phi) is 5.77. The molecule has 8 rings (SSSR count). The number of benzene rings is 3. The fourth-order valence-electron chi connectivity index (χ4n) is 6.70. The number of ether oxygens (including phenoxy) is 1. The van der Waals surface area contributed by atoms with E-state index in [9.17, 15) is 9.59 Å². The van der Waals surface area contributed by atoms with E-state index in [4.69, 9.17) is 14.9 Å². The van der Waals surface area contributed by atoms with E-state index in [-0.39, 0.29) is 28.4 Å². The fourth-order valence-corrected chi connectivity index (χ4v) is 6.70. The Morgan fingerprint density at radius 1 is 1.05 bits per heavy atom. The van der Waals surface area contributed by atoms with Gasteiger partial charge in [0.15, 0.2) is 17.3 Å². The first kappa shape index (κ1) is 25.3. The minimum absolute atomic E-state index is 0.0530. The SMILES string of the molecule is N[C@@H]1CCN(c2c(F)cc3c(=O)c(C(=O)NCCN4CCCC4)cn4c3c2Oc2cc3c(cc2-4)oc2ccccc23)C1. The molecule has 0 radical (unpaired) electrons. The second-order valence-corrected chi connectivity index (χ2v) is 11.5. The lowest BCUT2D eigenvalue weighted by atomic mass is 10.0. The van der Waals surface area contributed by atoms with Crippen LogP contribution in [0.4, 0.5) is 10.1 Å². The van der Waals surface area contributed by atoms with Crippen LogP contribution in [0.3, 0.4) is 0 Å². The summed E-state index contributed by atoms with van der Waals surface area (Å²) in [5.74, 6) is -0.349. The smallest absolute Gasteiger partial charge is 0.256 e. The van der Waals surface area contributed by atoms with Gasteiger partial charge in [-0.15, -0.1) is 0 Å². The number of rotatable bonds is 5. The number of nitrogens with one attached hydrogen (secondary N) is 1. The molecule has 1 amide bonds. The summed E-state index contributed by atoms with van der Waals surface area (Å²) in [5.41, 5.74) is 8.23. The Morgan fingerprint density at radius 3 is 2.69 bits per heavy atom. The van der Waals surface area contributed by atoms with Crippen LogP contribution in [0.25, 0.3) is 38.5 Å². The molecular formula is C32H30FN5O4. The van der Waals surface area contributed by atoms with Crippen LogP contribution < -0.4 is 26.1 Å². The molecule has 0 bridgehead atoms. The molecule has 3 N–H and O–H groups in total. The minimum atomic E-state index is -0.583. The minimum Gasteiger partial charge on any atom is -0.456 e. The number of nitrogens with two attached hydrogens (primary N) is 1. The number of halogens is 1. The van der Waals surface area contributed by atoms with Crippen molar-refractivity contribution < 1.29 is 18.3 Å². The standard InChI is InChI=1S/C32H30FN5O4/c33-23-13-21-28-31(29(23)37-11-7-18(34)16-37)42-27-14-20-19-5-1-2-6-25(19)41-26(20)15-24(27)38(28)17-22(30(21)39)32(40)35-8-12-36-9-3-4-10-36/h1-2,5-6,13-15,17-18H,3-4,7-12,16,34H2,(H,35,40)/t18-/m1/s1. The highest BCUT2D eigenvalue weighted by molar-refractivity contribution is 6.07. The molecule has 42 heavy (non-hydrogen) atoms. The number of hydrogen-bond donors (Lipinski definition) is 2. The van der Waals surface area contributed by atoms with Gasteiger partial charge >= 0.3 is 0 Å². The second-order valence-electron chi connectivity index (χ2n) is 11.5. The number of carbonyl (C=O) groups is 1. The van der Waals surface area contributed by atoms with Crippen molar-refractivity contribution >= 4 is 44.4 Å². The summed E-state index contributed by atoms with van der Waals surface area (Å²) in [6.07, 6.45) is 4.58. The van der Waals surface area contributed by atoms with Gasteiger partial charge in [-0.3, -0.25) is 9.59 Å². The Hall–Kier alpha value is -4.41. The normalized spacial score (nSPS) is 18.2. The van der Waals surface area contributed by atoms with E-state index in [1.165, 1.54) is 6.07 Å². The molecule has 1 atom stereocenters. The average molecular weight is 568 g/mol. The molecule has 2 saturated heterocycles. The summed E-state index contributed by atoms with van der Waals surface area (Å²) in [4.78, 5) is 31.3. The van der Waals surface area contributed by atoms with Gasteiger partial charge in [0, 0.05) is 55.3 Å². The number of pyridine rings is 1. The quantitative estimate of drug-likeness (QED) is 0.316. The van der Waals surface area contributed by atoms with Crippen LogP contribution in [-0.2, 0) is 0 Å². The van der Waals surface area contributed by atoms with Crippen LogP contribution in [-0.4, -0.2) is 60.7 Å². The van der Waals surface area contributed by atoms with Gasteiger partial charge in [-0.2, -0.15) is 0 Å². The predicted octanol–water partition coefficient (Wildman–Crippen LogP) is 4.50. The number of likely N-dealkylation sites (tertiary alicyclic amines) is 1. The van der Waals surface area contributed by atoms with Crippen LogP contribution in [0.1, 0.15) is 29.6 Å². The Morgan fingerprint density at radius 2 is 1.88 bits per heavy atom. The first-order valence-corrected chi connectivity index (χ1v) is 14.5. The maximum absolute atomic E-state index is 15.9. The van der Waals surface area contributed by atoms with Gasteiger partial charge in [-0.25, -0.2) is 4.39 Å². The van der Waals surface area contributed by atoms with Crippen LogP contribution in [0, 0.1) is 5.82 Å². The van der Waals surface area contributed by atoms with E-state index in [2.05, 4.69) is 10.2 Å². The highest BCUT2D eigenvalue weighted by Crippen LogP contribution is 2.48. The first-order valence-electron chi connectivity index (χ1n) is 14.5. The number of furan rings is 1. The Labute approximate surface area is 240 Å². The zero-order valence-electron chi connectivity index (χ0n) is 23.0. The third kappa shape index (κ3) is 3.89. The van der Waals surface area contributed by atoms with Crippen molar-refractivity contribution in [1.29, 1.82) is 0 Å². The van der Waals surface area contributed by atoms with E-state index >= 15 is 4.39 Å². The lowest BCUT2D eigenvalue weighted by Gasteiger charge is -2.29.